The van der Waals surface area contributed by atoms with Crippen molar-refractivity contribution in [3.05, 3.63) is 39.4 Å². The Balaban J connectivity index is 2.42. The summed E-state index contributed by atoms with van der Waals surface area (Å²) >= 11 is 3.17. The van der Waals surface area contributed by atoms with Gasteiger partial charge in [0.15, 0.2) is 0 Å². The van der Waals surface area contributed by atoms with Crippen molar-refractivity contribution < 1.29 is 18.5 Å². The first-order chi connectivity index (χ1) is 9.47. The highest BCUT2D eigenvalue weighted by atomic mass is 79.9. The van der Waals surface area contributed by atoms with Crippen molar-refractivity contribution in [2.24, 2.45) is 0 Å². The van der Waals surface area contributed by atoms with Crippen LogP contribution in [0.3, 0.4) is 0 Å². The number of amides is 1. The Hall–Kier alpha value is -1.57. The minimum Gasteiger partial charge on any atom is -0.335 e. The Kier molecular flexibility index (Phi) is 4.32. The van der Waals surface area contributed by atoms with Crippen LogP contribution in [0.25, 0.3) is 0 Å². The van der Waals surface area contributed by atoms with Crippen LogP contribution in [0.15, 0.2) is 12.1 Å². The summed E-state index contributed by atoms with van der Waals surface area (Å²) in [6.45, 7) is 0.297. The minimum absolute atomic E-state index is 0.0434. The first-order valence-electron chi connectivity index (χ1n) is 5.96. The van der Waals surface area contributed by atoms with Gasteiger partial charge >= 0.3 is 5.69 Å². The summed E-state index contributed by atoms with van der Waals surface area (Å²) in [6, 6.07) is 1.42. The van der Waals surface area contributed by atoms with Gasteiger partial charge in [0.2, 0.25) is 5.82 Å². The predicted molar refractivity (Wildman–Crippen MR) is 70.9 cm³/mol. The summed E-state index contributed by atoms with van der Waals surface area (Å²) in [5, 5.41) is 11.1. The molecule has 1 aromatic rings. The van der Waals surface area contributed by atoms with Crippen LogP contribution in [-0.4, -0.2) is 33.6 Å². The number of nitro groups is 1. The molecule has 0 N–H and O–H groups in total. The quantitative estimate of drug-likeness (QED) is 0.467. The van der Waals surface area contributed by atoms with E-state index < -0.39 is 33.7 Å². The van der Waals surface area contributed by atoms with E-state index in [1.807, 2.05) is 0 Å². The van der Waals surface area contributed by atoms with E-state index in [1.165, 1.54) is 4.90 Å². The molecule has 1 aromatic carbocycles. The van der Waals surface area contributed by atoms with Crippen molar-refractivity contribution >= 4 is 27.5 Å². The van der Waals surface area contributed by atoms with E-state index in [0.29, 0.717) is 17.9 Å². The number of nitrogens with zero attached hydrogens (tertiary/aromatic N) is 2. The van der Waals surface area contributed by atoms with Crippen LogP contribution < -0.4 is 0 Å². The van der Waals surface area contributed by atoms with Crippen molar-refractivity contribution in [3.63, 3.8) is 0 Å². The van der Waals surface area contributed by atoms with E-state index in [4.69, 9.17) is 0 Å². The maximum atomic E-state index is 14.0. The minimum atomic E-state index is -1.42. The smallest absolute Gasteiger partial charge is 0.305 e. The lowest BCUT2D eigenvalue weighted by atomic mass is 10.1. The fraction of sp³-hybridized carbons (Fsp3) is 0.417. The molecule has 1 amide bonds. The molecule has 0 bridgehead atoms. The number of halogens is 3. The molecular formula is C12H11BrF2N2O3. The van der Waals surface area contributed by atoms with Crippen molar-refractivity contribution in [2.45, 2.75) is 18.9 Å². The molecule has 0 saturated heterocycles. The largest absolute Gasteiger partial charge is 0.335 e. The summed E-state index contributed by atoms with van der Waals surface area (Å²) in [6.07, 6.45) is 1.55. The third-order valence-corrected chi connectivity index (χ3v) is 3.41. The second-order valence-electron chi connectivity index (χ2n) is 4.43. The van der Waals surface area contributed by atoms with Crippen LogP contribution in [-0.2, 0) is 0 Å². The molecule has 0 radical (unpaired) electrons. The summed E-state index contributed by atoms with van der Waals surface area (Å²) < 4.78 is 27.7. The molecule has 0 atom stereocenters. The lowest BCUT2D eigenvalue weighted by molar-refractivity contribution is -0.387. The molecule has 2 rings (SSSR count). The zero-order chi connectivity index (χ0) is 14.9. The maximum Gasteiger partial charge on any atom is 0.305 e. The van der Waals surface area contributed by atoms with Gasteiger partial charge in [0.1, 0.15) is 11.4 Å². The fourth-order valence-electron chi connectivity index (χ4n) is 1.95. The van der Waals surface area contributed by atoms with Gasteiger partial charge in [-0.2, -0.15) is 4.39 Å². The highest BCUT2D eigenvalue weighted by Crippen LogP contribution is 2.31. The Morgan fingerprint density at radius 1 is 1.45 bits per heavy atom. The Morgan fingerprint density at radius 2 is 2.10 bits per heavy atom. The molecule has 108 valence electrons. The van der Waals surface area contributed by atoms with Crippen LogP contribution in [0.4, 0.5) is 14.5 Å². The van der Waals surface area contributed by atoms with Crippen LogP contribution >= 0.6 is 15.9 Å². The van der Waals surface area contributed by atoms with Gasteiger partial charge in [-0.3, -0.25) is 14.9 Å². The summed E-state index contributed by atoms with van der Waals surface area (Å²) in [4.78, 5) is 23.3. The van der Waals surface area contributed by atoms with Gasteiger partial charge in [-0.15, -0.1) is 0 Å². The monoisotopic (exact) mass is 348 g/mol. The third kappa shape index (κ3) is 2.79. The predicted octanol–water partition coefficient (Wildman–Crippen LogP) is 2.87. The summed E-state index contributed by atoms with van der Waals surface area (Å²) in [5.41, 5.74) is -1.75. The zero-order valence-corrected chi connectivity index (χ0v) is 11.9. The second-order valence-corrected chi connectivity index (χ2v) is 5.22. The van der Waals surface area contributed by atoms with Crippen LogP contribution in [0.1, 0.15) is 23.2 Å². The molecule has 0 spiro atoms. The van der Waals surface area contributed by atoms with Crippen LogP contribution in [0.5, 0.6) is 0 Å². The normalized spacial score (nSPS) is 14.2. The van der Waals surface area contributed by atoms with Gasteiger partial charge in [0.25, 0.3) is 5.91 Å². The molecule has 0 heterocycles. The highest BCUT2D eigenvalue weighted by Gasteiger charge is 2.36. The lowest BCUT2D eigenvalue weighted by Crippen LogP contribution is -2.36. The summed E-state index contributed by atoms with van der Waals surface area (Å²) in [7, 11) is 0. The molecule has 1 aliphatic carbocycles. The number of alkyl halides is 1. The van der Waals surface area contributed by atoms with E-state index in [1.54, 1.807) is 0 Å². The highest BCUT2D eigenvalue weighted by molar-refractivity contribution is 9.09. The Bertz CT molecular complexity index is 564. The number of rotatable bonds is 5. The molecule has 0 unspecified atom stereocenters. The molecule has 1 saturated carbocycles. The van der Waals surface area contributed by atoms with Gasteiger partial charge in [0.05, 0.1) is 4.92 Å². The molecule has 0 aliphatic heterocycles. The SMILES string of the molecule is O=C(c1c(F)ccc([N+](=O)[O-])c1F)N(CCBr)C1CC1. The van der Waals surface area contributed by atoms with Crippen molar-refractivity contribution in [3.8, 4) is 0 Å². The van der Waals surface area contributed by atoms with Gasteiger partial charge in [-0.25, -0.2) is 4.39 Å². The fourth-order valence-corrected chi connectivity index (χ4v) is 2.33. The molecule has 1 fully saturated rings. The molecule has 8 heteroatoms. The second kappa shape index (κ2) is 5.82. The number of carbonyl (C=O) groups excluding carboxylic acids is 1. The van der Waals surface area contributed by atoms with E-state index in [9.17, 15) is 23.7 Å². The first-order valence-corrected chi connectivity index (χ1v) is 7.08. The Morgan fingerprint density at radius 3 is 2.60 bits per heavy atom. The maximum absolute atomic E-state index is 14.0. The first kappa shape index (κ1) is 14.8. The molecular weight excluding hydrogens is 338 g/mol. The van der Waals surface area contributed by atoms with E-state index in [0.717, 1.165) is 18.9 Å². The lowest BCUT2D eigenvalue weighted by Gasteiger charge is -2.21. The number of hydrogen-bond acceptors (Lipinski definition) is 3. The van der Waals surface area contributed by atoms with Crippen molar-refractivity contribution in [1.29, 1.82) is 0 Å². The number of benzene rings is 1. The summed E-state index contributed by atoms with van der Waals surface area (Å²) in [5.74, 6) is -3.34. The van der Waals surface area contributed by atoms with E-state index in [2.05, 4.69) is 15.9 Å². The van der Waals surface area contributed by atoms with Gasteiger partial charge in [0, 0.05) is 24.0 Å². The molecule has 20 heavy (non-hydrogen) atoms. The average Bonchev–Trinajstić information content (AvgIpc) is 3.19. The standard InChI is InChI=1S/C12H11BrF2N2O3/c13-5-6-16(7-1-2-7)12(18)10-8(14)3-4-9(11(10)15)17(19)20/h3-4,7H,1-2,5-6H2. The van der Waals surface area contributed by atoms with Gasteiger partial charge in [-0.05, 0) is 18.9 Å². The van der Waals surface area contributed by atoms with E-state index >= 15 is 0 Å². The van der Waals surface area contributed by atoms with Crippen molar-refractivity contribution in [2.75, 3.05) is 11.9 Å². The number of carbonyl (C=O) groups is 1. The zero-order valence-electron chi connectivity index (χ0n) is 10.3. The third-order valence-electron chi connectivity index (χ3n) is 3.06. The molecule has 1 aliphatic rings. The van der Waals surface area contributed by atoms with Crippen molar-refractivity contribution in [1.82, 2.24) is 4.90 Å². The molecule has 5 nitrogen and oxygen atoms in total. The number of nitro benzene ring substituents is 1. The van der Waals surface area contributed by atoms with Gasteiger partial charge in [-0.1, -0.05) is 15.9 Å². The van der Waals surface area contributed by atoms with Gasteiger partial charge < -0.3 is 4.90 Å². The topological polar surface area (TPSA) is 63.4 Å². The Labute approximate surface area is 121 Å². The van der Waals surface area contributed by atoms with Crippen LogP contribution in [0.2, 0.25) is 0 Å². The molecule has 0 aromatic heterocycles. The average molecular weight is 349 g/mol. The van der Waals surface area contributed by atoms with E-state index in [-0.39, 0.29) is 6.04 Å². The number of hydrogen-bond donors (Lipinski definition) is 0. The van der Waals surface area contributed by atoms with Crippen LogP contribution in [0, 0.1) is 21.7 Å².